The van der Waals surface area contributed by atoms with Crippen LogP contribution >= 0.6 is 11.3 Å². The molecule has 0 N–H and O–H groups in total. The lowest BCUT2D eigenvalue weighted by molar-refractivity contribution is 0.251. The second kappa shape index (κ2) is 10.4. The Kier molecular flexibility index (Phi) is 8.43. The van der Waals surface area contributed by atoms with E-state index in [0.29, 0.717) is 0 Å². The summed E-state index contributed by atoms with van der Waals surface area (Å²) in [5.74, 6) is 0. The lowest BCUT2D eigenvalue weighted by atomic mass is 10.1. The first kappa shape index (κ1) is 17.0. The fourth-order valence-electron chi connectivity index (χ4n) is 3.30. The van der Waals surface area contributed by atoms with Crippen molar-refractivity contribution in [3.05, 3.63) is 21.9 Å². The van der Waals surface area contributed by atoms with Crippen molar-refractivity contribution in [3.63, 3.8) is 0 Å². The van der Waals surface area contributed by atoms with Gasteiger partial charge >= 0.3 is 0 Å². The number of fused-ring (bicyclic) bond motifs is 1. The minimum atomic E-state index is 1.21. The Balaban J connectivity index is 1.41. The summed E-state index contributed by atoms with van der Waals surface area (Å²) >= 11 is 1.95. The zero-order valence-electron chi connectivity index (χ0n) is 13.9. The maximum absolute atomic E-state index is 2.66. The molecule has 0 unspecified atom stereocenters. The summed E-state index contributed by atoms with van der Waals surface area (Å²) in [5.41, 5.74) is 1.61. The summed E-state index contributed by atoms with van der Waals surface area (Å²) in [7, 11) is 0. The third-order valence-corrected chi connectivity index (χ3v) is 5.68. The van der Waals surface area contributed by atoms with Gasteiger partial charge in [-0.2, -0.15) is 0 Å². The lowest BCUT2D eigenvalue weighted by Crippen LogP contribution is -2.30. The van der Waals surface area contributed by atoms with Crippen molar-refractivity contribution in [2.75, 3.05) is 13.1 Å². The molecule has 0 amide bonds. The lowest BCUT2D eigenvalue weighted by Gasteiger charge is -2.26. The molecule has 0 aromatic carbocycles. The minimum Gasteiger partial charge on any atom is -0.298 e. The third kappa shape index (κ3) is 6.52. The number of thiophene rings is 1. The van der Waals surface area contributed by atoms with Crippen LogP contribution in [0.25, 0.3) is 0 Å². The first-order valence-electron chi connectivity index (χ1n) is 9.17. The van der Waals surface area contributed by atoms with E-state index in [-0.39, 0.29) is 0 Å². The summed E-state index contributed by atoms with van der Waals surface area (Å²) < 4.78 is 0. The summed E-state index contributed by atoms with van der Waals surface area (Å²) in [6.45, 7) is 6.10. The molecule has 21 heavy (non-hydrogen) atoms. The first-order valence-corrected chi connectivity index (χ1v) is 10.1. The number of hydrogen-bond acceptors (Lipinski definition) is 2. The van der Waals surface area contributed by atoms with E-state index in [1.165, 1.54) is 90.3 Å². The Hall–Kier alpha value is -0.340. The fraction of sp³-hybridized carbons (Fsp3) is 0.789. The average molecular weight is 308 g/mol. The molecular weight excluding hydrogens is 274 g/mol. The Morgan fingerprint density at radius 1 is 0.952 bits per heavy atom. The molecule has 2 heteroatoms. The van der Waals surface area contributed by atoms with Crippen LogP contribution in [0.4, 0.5) is 0 Å². The molecule has 120 valence electrons. The highest BCUT2D eigenvalue weighted by Crippen LogP contribution is 2.24. The average Bonchev–Trinajstić information content (AvgIpc) is 2.97. The van der Waals surface area contributed by atoms with Crippen LogP contribution in [0.15, 0.2) is 11.4 Å². The SMILES string of the molecule is CCCCCCCCCCCCN1CCc2ccsc2C1. The van der Waals surface area contributed by atoms with Gasteiger partial charge in [-0.1, -0.05) is 64.7 Å². The quantitative estimate of drug-likeness (QED) is 0.451. The highest BCUT2D eigenvalue weighted by atomic mass is 32.1. The van der Waals surface area contributed by atoms with Crippen LogP contribution in [0.2, 0.25) is 0 Å². The van der Waals surface area contributed by atoms with Gasteiger partial charge in [-0.3, -0.25) is 4.90 Å². The summed E-state index contributed by atoms with van der Waals surface area (Å²) in [4.78, 5) is 4.28. The van der Waals surface area contributed by atoms with Crippen LogP contribution in [-0.2, 0) is 13.0 Å². The summed E-state index contributed by atoms with van der Waals surface area (Å²) in [6, 6.07) is 2.32. The molecule has 0 aliphatic carbocycles. The number of rotatable bonds is 11. The molecular formula is C19H33NS. The predicted octanol–water partition coefficient (Wildman–Crippen LogP) is 6.03. The topological polar surface area (TPSA) is 3.24 Å². The van der Waals surface area contributed by atoms with Crippen molar-refractivity contribution in [1.29, 1.82) is 0 Å². The van der Waals surface area contributed by atoms with Gasteiger partial charge in [0.2, 0.25) is 0 Å². The molecule has 0 fully saturated rings. The molecule has 0 saturated carbocycles. The molecule has 0 saturated heterocycles. The number of nitrogens with zero attached hydrogens (tertiary/aromatic N) is 1. The highest BCUT2D eigenvalue weighted by Gasteiger charge is 2.16. The van der Waals surface area contributed by atoms with Crippen LogP contribution < -0.4 is 0 Å². The maximum atomic E-state index is 2.66. The standard InChI is InChI=1S/C19H33NS/c1-2-3-4-5-6-7-8-9-10-11-14-20-15-12-18-13-16-21-19(18)17-20/h13,16H,2-12,14-15,17H2,1H3. The zero-order valence-corrected chi connectivity index (χ0v) is 14.7. The van der Waals surface area contributed by atoms with Gasteiger partial charge in [-0.25, -0.2) is 0 Å². The van der Waals surface area contributed by atoms with E-state index < -0.39 is 0 Å². The van der Waals surface area contributed by atoms with Crippen LogP contribution in [0, 0.1) is 0 Å². The van der Waals surface area contributed by atoms with Gasteiger partial charge in [0.05, 0.1) is 0 Å². The van der Waals surface area contributed by atoms with Crippen molar-refractivity contribution in [2.24, 2.45) is 0 Å². The first-order chi connectivity index (χ1) is 10.4. The molecule has 1 aliphatic rings. The van der Waals surface area contributed by atoms with Crippen LogP contribution in [0.5, 0.6) is 0 Å². The summed E-state index contributed by atoms with van der Waals surface area (Å²) in [5, 5.41) is 2.26. The summed E-state index contributed by atoms with van der Waals surface area (Å²) in [6.07, 6.45) is 15.7. The Morgan fingerprint density at radius 2 is 1.62 bits per heavy atom. The van der Waals surface area contributed by atoms with Gasteiger partial charge in [0.25, 0.3) is 0 Å². The van der Waals surface area contributed by atoms with E-state index >= 15 is 0 Å². The van der Waals surface area contributed by atoms with Crippen LogP contribution in [0.3, 0.4) is 0 Å². The normalized spacial score (nSPS) is 15.3. The van der Waals surface area contributed by atoms with Crippen LogP contribution in [0.1, 0.15) is 81.6 Å². The van der Waals surface area contributed by atoms with Crippen molar-refractivity contribution < 1.29 is 0 Å². The van der Waals surface area contributed by atoms with Gasteiger partial charge in [-0.15, -0.1) is 11.3 Å². The molecule has 1 aromatic heterocycles. The second-order valence-corrected chi connectivity index (χ2v) is 7.58. The maximum Gasteiger partial charge on any atom is 0.0330 e. The van der Waals surface area contributed by atoms with Gasteiger partial charge in [0.1, 0.15) is 0 Å². The van der Waals surface area contributed by atoms with E-state index in [1.807, 2.05) is 11.3 Å². The smallest absolute Gasteiger partial charge is 0.0330 e. The van der Waals surface area contributed by atoms with Gasteiger partial charge < -0.3 is 0 Å². The fourth-order valence-corrected chi connectivity index (χ4v) is 4.28. The third-order valence-electron chi connectivity index (χ3n) is 4.73. The van der Waals surface area contributed by atoms with E-state index in [1.54, 1.807) is 10.4 Å². The van der Waals surface area contributed by atoms with E-state index in [2.05, 4.69) is 23.3 Å². The number of unbranched alkanes of at least 4 members (excludes halogenated alkanes) is 9. The van der Waals surface area contributed by atoms with Crippen molar-refractivity contribution >= 4 is 11.3 Å². The molecule has 1 nitrogen and oxygen atoms in total. The molecule has 0 bridgehead atoms. The molecule has 1 aliphatic heterocycles. The molecule has 2 rings (SSSR count). The van der Waals surface area contributed by atoms with Gasteiger partial charge in [0.15, 0.2) is 0 Å². The van der Waals surface area contributed by atoms with Gasteiger partial charge in [-0.05, 0) is 36.4 Å². The monoisotopic (exact) mass is 307 g/mol. The Bertz CT molecular complexity index is 371. The largest absolute Gasteiger partial charge is 0.298 e. The van der Waals surface area contributed by atoms with Gasteiger partial charge in [0, 0.05) is 18.0 Å². The van der Waals surface area contributed by atoms with Crippen LogP contribution in [-0.4, -0.2) is 18.0 Å². The molecule has 0 spiro atoms. The van der Waals surface area contributed by atoms with E-state index in [9.17, 15) is 0 Å². The predicted molar refractivity (Wildman–Crippen MR) is 95.1 cm³/mol. The molecule has 0 radical (unpaired) electrons. The highest BCUT2D eigenvalue weighted by molar-refractivity contribution is 7.10. The van der Waals surface area contributed by atoms with Crippen molar-refractivity contribution in [1.82, 2.24) is 4.90 Å². The van der Waals surface area contributed by atoms with E-state index in [4.69, 9.17) is 0 Å². The minimum absolute atomic E-state index is 1.21. The van der Waals surface area contributed by atoms with E-state index in [0.717, 1.165) is 0 Å². The Labute approximate surface area is 135 Å². The number of hydrogen-bond donors (Lipinski definition) is 0. The molecule has 1 aromatic rings. The van der Waals surface area contributed by atoms with Crippen molar-refractivity contribution in [2.45, 2.75) is 84.1 Å². The zero-order chi connectivity index (χ0) is 14.8. The molecule has 2 heterocycles. The second-order valence-electron chi connectivity index (χ2n) is 6.58. The molecule has 0 atom stereocenters. The Morgan fingerprint density at radius 3 is 2.33 bits per heavy atom. The van der Waals surface area contributed by atoms with Crippen molar-refractivity contribution in [3.8, 4) is 0 Å².